The first-order valence-electron chi connectivity index (χ1n) is 11.9. The Morgan fingerprint density at radius 3 is 2.00 bits per heavy atom. The SMILES string of the molecule is C=O.CC(=O)Oc1ccc(C)cc1.CC(Cc1ccc(C2(C)CCCCC2)cc1)C(C)(C)N. The fourth-order valence-electron chi connectivity index (χ4n) is 4.05. The molecule has 2 aromatic carbocycles. The maximum atomic E-state index is 10.5. The molecule has 0 heterocycles. The van der Waals surface area contributed by atoms with Crippen LogP contribution in [0.15, 0.2) is 48.5 Å². The molecule has 1 fully saturated rings. The first-order valence-corrected chi connectivity index (χ1v) is 11.9. The Kier molecular flexibility index (Phi) is 11.5. The van der Waals surface area contributed by atoms with Gasteiger partial charge in [-0.3, -0.25) is 4.79 Å². The predicted molar refractivity (Wildman–Crippen MR) is 138 cm³/mol. The average Bonchev–Trinajstić information content (AvgIpc) is 2.77. The van der Waals surface area contributed by atoms with Crippen molar-refractivity contribution in [3.63, 3.8) is 0 Å². The van der Waals surface area contributed by atoms with E-state index in [2.05, 4.69) is 52.0 Å². The normalized spacial score (nSPS) is 15.7. The van der Waals surface area contributed by atoms with E-state index in [1.165, 1.54) is 50.2 Å². The first kappa shape index (κ1) is 28.6. The van der Waals surface area contributed by atoms with Crippen LogP contribution >= 0.6 is 0 Å². The largest absolute Gasteiger partial charge is 0.427 e. The van der Waals surface area contributed by atoms with E-state index < -0.39 is 0 Å². The Hall–Kier alpha value is -2.46. The second-order valence-corrected chi connectivity index (χ2v) is 10.2. The van der Waals surface area contributed by atoms with E-state index in [1.54, 1.807) is 12.1 Å². The molecule has 1 atom stereocenters. The van der Waals surface area contributed by atoms with Crippen LogP contribution in [0.1, 0.15) is 83.4 Å². The molecule has 1 saturated carbocycles. The molecule has 0 spiro atoms. The zero-order valence-corrected chi connectivity index (χ0v) is 21.4. The number of nitrogens with two attached hydrogens (primary N) is 1. The lowest BCUT2D eigenvalue weighted by atomic mass is 9.71. The van der Waals surface area contributed by atoms with Gasteiger partial charge < -0.3 is 15.3 Å². The van der Waals surface area contributed by atoms with E-state index >= 15 is 0 Å². The minimum atomic E-state index is -0.283. The Bertz CT molecular complexity index is 829. The lowest BCUT2D eigenvalue weighted by Gasteiger charge is -2.34. The summed E-state index contributed by atoms with van der Waals surface area (Å²) >= 11 is 0. The van der Waals surface area contributed by atoms with Gasteiger partial charge in [-0.15, -0.1) is 0 Å². The Balaban J connectivity index is 0.000000354. The molecular formula is C29H43NO3. The second-order valence-electron chi connectivity index (χ2n) is 10.2. The summed E-state index contributed by atoms with van der Waals surface area (Å²) in [4.78, 5) is 18.5. The second kappa shape index (κ2) is 13.3. The quantitative estimate of drug-likeness (QED) is 0.411. The van der Waals surface area contributed by atoms with Crippen LogP contribution in [0.5, 0.6) is 5.75 Å². The minimum Gasteiger partial charge on any atom is -0.427 e. The third-order valence-corrected chi connectivity index (χ3v) is 6.70. The third kappa shape index (κ3) is 9.91. The van der Waals surface area contributed by atoms with Crippen molar-refractivity contribution in [3.05, 3.63) is 65.2 Å². The molecule has 3 rings (SSSR count). The summed E-state index contributed by atoms with van der Waals surface area (Å²) in [5, 5.41) is 0. The number of rotatable bonds is 5. The van der Waals surface area contributed by atoms with Crippen LogP contribution in [0.2, 0.25) is 0 Å². The van der Waals surface area contributed by atoms with Crippen LogP contribution in [0, 0.1) is 12.8 Å². The number of esters is 1. The molecule has 182 valence electrons. The Morgan fingerprint density at radius 2 is 1.55 bits per heavy atom. The lowest BCUT2D eigenvalue weighted by molar-refractivity contribution is -0.131. The molecule has 1 aliphatic rings. The summed E-state index contributed by atoms with van der Waals surface area (Å²) in [5.41, 5.74) is 10.6. The van der Waals surface area contributed by atoms with Gasteiger partial charge >= 0.3 is 5.97 Å². The van der Waals surface area contributed by atoms with Crippen LogP contribution in [0.3, 0.4) is 0 Å². The summed E-state index contributed by atoms with van der Waals surface area (Å²) in [6.07, 6.45) is 7.95. The average molecular weight is 454 g/mol. The van der Waals surface area contributed by atoms with Crippen LogP contribution in [0.25, 0.3) is 0 Å². The standard InChI is InChI=1S/C19H31N.C9H10O2.CH2O/c1-15(18(2,3)20)14-16-8-10-17(11-9-16)19(4)12-6-5-7-13-19;1-7-3-5-9(6-4-7)11-8(2)10;1-2/h8-11,15H,5-7,12-14,20H2,1-4H3;3-6H,1-2H3;1H2. The van der Waals surface area contributed by atoms with Gasteiger partial charge in [-0.05, 0) is 74.6 Å². The Labute approximate surface area is 200 Å². The molecule has 0 aliphatic heterocycles. The Morgan fingerprint density at radius 1 is 1.03 bits per heavy atom. The molecule has 0 aromatic heterocycles. The summed E-state index contributed by atoms with van der Waals surface area (Å²) < 4.78 is 4.83. The van der Waals surface area contributed by atoms with Gasteiger partial charge in [0.15, 0.2) is 0 Å². The fraction of sp³-hybridized carbons (Fsp3) is 0.517. The first-order chi connectivity index (χ1) is 15.5. The third-order valence-electron chi connectivity index (χ3n) is 6.70. The van der Waals surface area contributed by atoms with E-state index in [9.17, 15) is 4.79 Å². The number of ether oxygens (including phenoxy) is 1. The van der Waals surface area contributed by atoms with Crippen molar-refractivity contribution in [1.29, 1.82) is 0 Å². The zero-order valence-electron chi connectivity index (χ0n) is 21.4. The molecule has 0 amide bonds. The van der Waals surface area contributed by atoms with Crippen molar-refractivity contribution in [2.45, 2.75) is 91.0 Å². The van der Waals surface area contributed by atoms with Gasteiger partial charge in [0.2, 0.25) is 0 Å². The molecular weight excluding hydrogens is 410 g/mol. The highest BCUT2D eigenvalue weighted by atomic mass is 16.5. The fourth-order valence-corrected chi connectivity index (χ4v) is 4.05. The van der Waals surface area contributed by atoms with Gasteiger partial charge in [0.05, 0.1) is 0 Å². The summed E-state index contributed by atoms with van der Waals surface area (Å²) in [5.74, 6) is 0.815. The lowest BCUT2D eigenvalue weighted by Crippen LogP contribution is -2.40. The molecule has 0 radical (unpaired) electrons. The van der Waals surface area contributed by atoms with Gasteiger partial charge in [0.1, 0.15) is 12.5 Å². The van der Waals surface area contributed by atoms with Gasteiger partial charge in [-0.1, -0.05) is 75.1 Å². The number of aryl methyl sites for hydroxylation is 1. The highest BCUT2D eigenvalue weighted by Gasteiger charge is 2.28. The highest BCUT2D eigenvalue weighted by Crippen LogP contribution is 2.39. The minimum absolute atomic E-state index is 0.103. The maximum absolute atomic E-state index is 10.5. The number of carbonyl (C=O) groups excluding carboxylic acids is 2. The number of benzene rings is 2. The van der Waals surface area contributed by atoms with Crippen molar-refractivity contribution in [1.82, 2.24) is 0 Å². The van der Waals surface area contributed by atoms with Crippen molar-refractivity contribution in [2.24, 2.45) is 11.7 Å². The van der Waals surface area contributed by atoms with Crippen LogP contribution < -0.4 is 10.5 Å². The zero-order chi connectivity index (χ0) is 25.1. The summed E-state index contributed by atoms with van der Waals surface area (Å²) in [7, 11) is 0. The molecule has 1 aliphatic carbocycles. The van der Waals surface area contributed by atoms with Crippen molar-refractivity contribution < 1.29 is 14.3 Å². The van der Waals surface area contributed by atoms with E-state index in [1.807, 2.05) is 25.8 Å². The van der Waals surface area contributed by atoms with Gasteiger partial charge in [0.25, 0.3) is 0 Å². The van der Waals surface area contributed by atoms with Gasteiger partial charge in [0, 0.05) is 12.5 Å². The van der Waals surface area contributed by atoms with Crippen molar-refractivity contribution in [2.75, 3.05) is 0 Å². The summed E-state index contributed by atoms with van der Waals surface area (Å²) in [6, 6.07) is 16.7. The molecule has 4 heteroatoms. The molecule has 0 saturated heterocycles. The van der Waals surface area contributed by atoms with E-state index in [0.29, 0.717) is 17.1 Å². The topological polar surface area (TPSA) is 69.4 Å². The van der Waals surface area contributed by atoms with Crippen LogP contribution in [-0.2, 0) is 21.4 Å². The van der Waals surface area contributed by atoms with Crippen molar-refractivity contribution in [3.8, 4) is 5.75 Å². The molecule has 0 bridgehead atoms. The smallest absolute Gasteiger partial charge is 0.308 e. The molecule has 33 heavy (non-hydrogen) atoms. The van der Waals surface area contributed by atoms with Crippen LogP contribution in [0.4, 0.5) is 0 Å². The van der Waals surface area contributed by atoms with Crippen molar-refractivity contribution >= 4 is 12.8 Å². The molecule has 1 unspecified atom stereocenters. The monoisotopic (exact) mass is 453 g/mol. The highest BCUT2D eigenvalue weighted by molar-refractivity contribution is 5.69. The molecule has 2 N–H and O–H groups in total. The number of carbonyl (C=O) groups is 2. The number of hydrogen-bond donors (Lipinski definition) is 1. The molecule has 2 aromatic rings. The van der Waals surface area contributed by atoms with E-state index in [0.717, 1.165) is 12.0 Å². The van der Waals surface area contributed by atoms with Gasteiger partial charge in [-0.2, -0.15) is 0 Å². The number of hydrogen-bond acceptors (Lipinski definition) is 4. The van der Waals surface area contributed by atoms with E-state index in [4.69, 9.17) is 15.3 Å². The van der Waals surface area contributed by atoms with Crippen LogP contribution in [-0.4, -0.2) is 18.3 Å². The predicted octanol–water partition coefficient (Wildman–Crippen LogP) is 6.56. The summed E-state index contributed by atoms with van der Waals surface area (Å²) in [6.45, 7) is 14.3. The maximum Gasteiger partial charge on any atom is 0.308 e. The van der Waals surface area contributed by atoms with E-state index in [-0.39, 0.29) is 11.5 Å². The molecule has 4 nitrogen and oxygen atoms in total. The van der Waals surface area contributed by atoms with Gasteiger partial charge in [-0.25, -0.2) is 0 Å².